The van der Waals surface area contributed by atoms with Gasteiger partial charge in [-0.25, -0.2) is 0 Å². The number of para-hydroxylation sites is 2. The molecule has 1 heterocycles. The summed E-state index contributed by atoms with van der Waals surface area (Å²) in [5.74, 6) is 1.38. The molecule has 3 aromatic rings. The van der Waals surface area contributed by atoms with Gasteiger partial charge in [0.05, 0.1) is 21.5 Å². The standard InChI is InChI=1S/C19H18Cl2N4O2S/c1-2-25-16(11-27-13-7-4-3-5-8-13)23-24-19(25)28-12-17(26)22-18-14(20)9-6-10-15(18)21/h3-10H,2,11-12H2,1H3,(H,22,26). The fourth-order valence-electron chi connectivity index (χ4n) is 2.44. The number of carbonyl (C=O) groups is 1. The van der Waals surface area contributed by atoms with Gasteiger partial charge < -0.3 is 14.6 Å². The number of thioether (sulfide) groups is 1. The first-order valence-corrected chi connectivity index (χ1v) is 10.3. The zero-order valence-electron chi connectivity index (χ0n) is 15.1. The SMILES string of the molecule is CCn1c(COc2ccccc2)nnc1SCC(=O)Nc1c(Cl)cccc1Cl. The highest BCUT2D eigenvalue weighted by Crippen LogP contribution is 2.30. The number of carbonyl (C=O) groups excluding carboxylic acids is 1. The van der Waals surface area contributed by atoms with Gasteiger partial charge in [-0.2, -0.15) is 0 Å². The fraction of sp³-hybridized carbons (Fsp3) is 0.211. The second kappa shape index (κ2) is 9.82. The highest BCUT2D eigenvalue weighted by Gasteiger charge is 2.15. The van der Waals surface area contributed by atoms with Crippen molar-refractivity contribution in [2.75, 3.05) is 11.1 Å². The van der Waals surface area contributed by atoms with Crippen LogP contribution in [0.3, 0.4) is 0 Å². The lowest BCUT2D eigenvalue weighted by molar-refractivity contribution is -0.113. The number of anilines is 1. The van der Waals surface area contributed by atoms with Crippen molar-refractivity contribution in [3.05, 3.63) is 64.4 Å². The van der Waals surface area contributed by atoms with Crippen LogP contribution in [0.1, 0.15) is 12.7 Å². The minimum atomic E-state index is -0.229. The Hall–Kier alpha value is -2.22. The van der Waals surface area contributed by atoms with Crippen molar-refractivity contribution in [3.8, 4) is 5.75 Å². The average Bonchev–Trinajstić information content (AvgIpc) is 3.10. The molecule has 2 aromatic carbocycles. The van der Waals surface area contributed by atoms with Crippen molar-refractivity contribution in [2.45, 2.75) is 25.2 Å². The smallest absolute Gasteiger partial charge is 0.234 e. The van der Waals surface area contributed by atoms with Gasteiger partial charge in [0.2, 0.25) is 5.91 Å². The predicted octanol–water partition coefficient (Wildman–Crippen LogP) is 4.91. The number of hydrogen-bond acceptors (Lipinski definition) is 5. The van der Waals surface area contributed by atoms with E-state index in [9.17, 15) is 4.79 Å². The number of rotatable bonds is 8. The number of aromatic nitrogens is 3. The summed E-state index contributed by atoms with van der Waals surface area (Å²) in [4.78, 5) is 12.3. The number of amides is 1. The summed E-state index contributed by atoms with van der Waals surface area (Å²) >= 11 is 13.5. The summed E-state index contributed by atoms with van der Waals surface area (Å²) in [7, 11) is 0. The molecule has 1 N–H and O–H groups in total. The van der Waals surface area contributed by atoms with Crippen LogP contribution in [-0.2, 0) is 17.9 Å². The van der Waals surface area contributed by atoms with E-state index in [-0.39, 0.29) is 11.7 Å². The van der Waals surface area contributed by atoms with E-state index in [1.165, 1.54) is 11.8 Å². The van der Waals surface area contributed by atoms with Crippen LogP contribution < -0.4 is 10.1 Å². The minimum absolute atomic E-state index is 0.152. The van der Waals surface area contributed by atoms with Crippen molar-refractivity contribution in [1.29, 1.82) is 0 Å². The van der Waals surface area contributed by atoms with Crippen LogP contribution in [0.4, 0.5) is 5.69 Å². The van der Waals surface area contributed by atoms with Crippen LogP contribution in [-0.4, -0.2) is 26.4 Å². The quantitative estimate of drug-likeness (QED) is 0.507. The second-order valence-corrected chi connectivity index (χ2v) is 7.44. The van der Waals surface area contributed by atoms with Crippen LogP contribution in [0.15, 0.2) is 53.7 Å². The topological polar surface area (TPSA) is 69.0 Å². The van der Waals surface area contributed by atoms with Crippen LogP contribution in [0.25, 0.3) is 0 Å². The predicted molar refractivity (Wildman–Crippen MR) is 112 cm³/mol. The molecule has 0 aliphatic heterocycles. The van der Waals surface area contributed by atoms with Crippen molar-refractivity contribution in [3.63, 3.8) is 0 Å². The van der Waals surface area contributed by atoms with Crippen molar-refractivity contribution in [2.24, 2.45) is 0 Å². The monoisotopic (exact) mass is 436 g/mol. The number of ether oxygens (including phenoxy) is 1. The van der Waals surface area contributed by atoms with Crippen molar-refractivity contribution in [1.82, 2.24) is 14.8 Å². The van der Waals surface area contributed by atoms with Crippen LogP contribution >= 0.6 is 35.0 Å². The molecule has 9 heteroatoms. The molecule has 0 saturated carbocycles. The Bertz CT molecular complexity index is 930. The van der Waals surface area contributed by atoms with E-state index in [1.54, 1.807) is 18.2 Å². The highest BCUT2D eigenvalue weighted by atomic mass is 35.5. The van der Waals surface area contributed by atoms with Gasteiger partial charge >= 0.3 is 0 Å². The molecule has 1 amide bonds. The lowest BCUT2D eigenvalue weighted by atomic mass is 10.3. The second-order valence-electron chi connectivity index (χ2n) is 5.68. The first kappa shape index (κ1) is 20.5. The molecule has 0 radical (unpaired) electrons. The van der Waals surface area contributed by atoms with Gasteiger partial charge in [-0.3, -0.25) is 4.79 Å². The fourth-order valence-corrected chi connectivity index (χ4v) is 3.75. The van der Waals surface area contributed by atoms with Crippen LogP contribution in [0.5, 0.6) is 5.75 Å². The average molecular weight is 437 g/mol. The molecule has 6 nitrogen and oxygen atoms in total. The molecular weight excluding hydrogens is 419 g/mol. The Morgan fingerprint density at radius 2 is 1.82 bits per heavy atom. The molecule has 1 aromatic heterocycles. The number of nitrogens with one attached hydrogen (secondary N) is 1. The molecule has 3 rings (SSSR count). The maximum atomic E-state index is 12.3. The lowest BCUT2D eigenvalue weighted by Crippen LogP contribution is -2.15. The Morgan fingerprint density at radius 1 is 1.11 bits per heavy atom. The van der Waals surface area contributed by atoms with E-state index in [4.69, 9.17) is 27.9 Å². The Labute approximate surface area is 177 Å². The first-order valence-electron chi connectivity index (χ1n) is 8.55. The van der Waals surface area contributed by atoms with Gasteiger partial charge in [0, 0.05) is 6.54 Å². The molecule has 28 heavy (non-hydrogen) atoms. The molecule has 0 unspecified atom stereocenters. The van der Waals surface area contributed by atoms with E-state index in [0.29, 0.717) is 39.9 Å². The third-order valence-corrected chi connectivity index (χ3v) is 5.38. The highest BCUT2D eigenvalue weighted by molar-refractivity contribution is 7.99. The van der Waals surface area contributed by atoms with Gasteiger partial charge in [-0.1, -0.05) is 59.2 Å². The number of halogens is 2. The lowest BCUT2D eigenvalue weighted by Gasteiger charge is -2.10. The molecule has 0 saturated heterocycles. The van der Waals surface area contributed by atoms with E-state index in [2.05, 4.69) is 15.5 Å². The number of hydrogen-bond donors (Lipinski definition) is 1. The van der Waals surface area contributed by atoms with Gasteiger partial charge in [0.15, 0.2) is 11.0 Å². The van der Waals surface area contributed by atoms with Crippen molar-refractivity contribution >= 4 is 46.6 Å². The molecule has 0 spiro atoms. The van der Waals surface area contributed by atoms with Gasteiger partial charge in [0.25, 0.3) is 0 Å². The Kier molecular flexibility index (Phi) is 7.19. The summed E-state index contributed by atoms with van der Waals surface area (Å²) < 4.78 is 7.66. The molecule has 0 bridgehead atoms. The van der Waals surface area contributed by atoms with E-state index in [1.807, 2.05) is 41.8 Å². The van der Waals surface area contributed by atoms with Crippen LogP contribution in [0, 0.1) is 0 Å². The van der Waals surface area contributed by atoms with Crippen LogP contribution in [0.2, 0.25) is 10.0 Å². The van der Waals surface area contributed by atoms with Crippen molar-refractivity contribution < 1.29 is 9.53 Å². The Balaban J connectivity index is 1.60. The minimum Gasteiger partial charge on any atom is -0.486 e. The number of nitrogens with zero attached hydrogens (tertiary/aromatic N) is 3. The number of benzene rings is 2. The molecule has 0 atom stereocenters. The summed E-state index contributed by atoms with van der Waals surface area (Å²) in [5, 5.41) is 12.5. The molecule has 0 aliphatic carbocycles. The third-order valence-electron chi connectivity index (χ3n) is 3.78. The van der Waals surface area contributed by atoms with E-state index in [0.717, 1.165) is 5.75 Å². The maximum absolute atomic E-state index is 12.3. The molecular formula is C19H18Cl2N4O2S. The van der Waals surface area contributed by atoms with Gasteiger partial charge in [0.1, 0.15) is 12.4 Å². The third kappa shape index (κ3) is 5.19. The molecule has 0 aliphatic rings. The summed E-state index contributed by atoms with van der Waals surface area (Å²) in [6.07, 6.45) is 0. The maximum Gasteiger partial charge on any atom is 0.234 e. The van der Waals surface area contributed by atoms with E-state index < -0.39 is 0 Å². The summed E-state index contributed by atoms with van der Waals surface area (Å²) in [5.41, 5.74) is 0.408. The first-order chi connectivity index (χ1) is 13.6. The molecule has 0 fully saturated rings. The Morgan fingerprint density at radius 3 is 2.50 bits per heavy atom. The normalized spacial score (nSPS) is 10.7. The summed E-state index contributed by atoms with van der Waals surface area (Å²) in [6, 6.07) is 14.6. The largest absolute Gasteiger partial charge is 0.486 e. The zero-order chi connectivity index (χ0) is 19.9. The van der Waals surface area contributed by atoms with Gasteiger partial charge in [-0.05, 0) is 31.2 Å². The van der Waals surface area contributed by atoms with E-state index >= 15 is 0 Å². The molecule has 146 valence electrons. The zero-order valence-corrected chi connectivity index (χ0v) is 17.4. The van der Waals surface area contributed by atoms with Gasteiger partial charge in [-0.15, -0.1) is 10.2 Å². The summed E-state index contributed by atoms with van der Waals surface area (Å²) in [6.45, 7) is 2.96.